The molecular formula is C14H14Fe-2. The van der Waals surface area contributed by atoms with Crippen LogP contribution in [0.2, 0.25) is 0 Å². The van der Waals surface area contributed by atoms with Crippen molar-refractivity contribution in [2.45, 2.75) is 12.8 Å². The first-order valence-electron chi connectivity index (χ1n) is 5.02. The molecule has 0 nitrogen and oxygen atoms in total. The van der Waals surface area contributed by atoms with Gasteiger partial charge in [-0.2, -0.15) is 35.4 Å². The summed E-state index contributed by atoms with van der Waals surface area (Å²) in [5.74, 6) is 0. The number of hydrogen-bond donors (Lipinski definition) is 0. The third-order valence-electron chi connectivity index (χ3n) is 2.41. The summed E-state index contributed by atoms with van der Waals surface area (Å²) in [5.41, 5.74) is 3.02. The van der Waals surface area contributed by atoms with E-state index in [1.165, 1.54) is 11.1 Å². The van der Waals surface area contributed by atoms with E-state index >= 15 is 0 Å². The third kappa shape index (κ3) is 3.54. The zero-order valence-corrected chi connectivity index (χ0v) is 9.65. The minimum atomic E-state index is 0. The molecule has 0 saturated carbocycles. The average molecular weight is 238 g/mol. The molecule has 2 aromatic rings. The second-order valence-corrected chi connectivity index (χ2v) is 3.42. The predicted octanol–water partition coefficient (Wildman–Crippen LogP) is 3.46. The van der Waals surface area contributed by atoms with E-state index < -0.39 is 0 Å². The molecule has 0 heterocycles. The van der Waals surface area contributed by atoms with Crippen molar-refractivity contribution >= 4 is 0 Å². The number of fused-ring (bicyclic) bond motifs is 1. The van der Waals surface area contributed by atoms with Crippen LogP contribution in [0.5, 0.6) is 0 Å². The van der Waals surface area contributed by atoms with Crippen LogP contribution in [0.25, 0.3) is 0 Å². The Labute approximate surface area is 102 Å². The summed E-state index contributed by atoms with van der Waals surface area (Å²) < 4.78 is 0. The monoisotopic (exact) mass is 238 g/mol. The van der Waals surface area contributed by atoms with Gasteiger partial charge >= 0.3 is 0 Å². The van der Waals surface area contributed by atoms with Gasteiger partial charge in [-0.3, -0.25) is 0 Å². The fraction of sp³-hybridized carbons (Fsp3) is 0.143. The maximum Gasteiger partial charge on any atom is 0 e. The number of hydrogen-bond acceptors (Lipinski definition) is 0. The molecule has 0 saturated heterocycles. The van der Waals surface area contributed by atoms with Crippen molar-refractivity contribution < 1.29 is 17.1 Å². The van der Waals surface area contributed by atoms with Crippen LogP contribution in [0.4, 0.5) is 0 Å². The Balaban J connectivity index is 0.000000162. The minimum absolute atomic E-state index is 0. The summed E-state index contributed by atoms with van der Waals surface area (Å²) in [6, 6.07) is 16.6. The van der Waals surface area contributed by atoms with Gasteiger partial charge in [0.2, 0.25) is 0 Å². The minimum Gasteiger partial charge on any atom is -0.214 e. The number of allylic oxidation sites excluding steroid dienone is 2. The molecule has 2 aromatic carbocycles. The molecule has 0 fully saturated rings. The van der Waals surface area contributed by atoms with Gasteiger partial charge in [0, 0.05) is 17.1 Å². The van der Waals surface area contributed by atoms with Crippen molar-refractivity contribution in [1.82, 2.24) is 0 Å². The van der Waals surface area contributed by atoms with E-state index in [4.69, 9.17) is 0 Å². The standard InChI is InChI=1S/C9H9.C5H5.Fe/c1-2-5-9-7-3-6-8(9)4-1;1-2-4-5-3-1;/h1-3,6-7H,4-5H2;1-5H;/q2*-1;. The van der Waals surface area contributed by atoms with Gasteiger partial charge in [-0.15, -0.1) is 0 Å². The normalized spacial score (nSPS) is 12.0. The molecule has 0 bridgehead atoms. The predicted molar refractivity (Wildman–Crippen MR) is 60.6 cm³/mol. The second-order valence-electron chi connectivity index (χ2n) is 3.42. The molecule has 0 unspecified atom stereocenters. The molecule has 1 heteroatoms. The number of rotatable bonds is 0. The van der Waals surface area contributed by atoms with Gasteiger partial charge < -0.3 is 0 Å². The third-order valence-corrected chi connectivity index (χ3v) is 2.41. The van der Waals surface area contributed by atoms with E-state index in [0.29, 0.717) is 0 Å². The summed E-state index contributed by atoms with van der Waals surface area (Å²) in [6.07, 6.45) is 6.76. The summed E-state index contributed by atoms with van der Waals surface area (Å²) in [6.45, 7) is 0. The van der Waals surface area contributed by atoms with Crippen molar-refractivity contribution in [2.75, 3.05) is 0 Å². The molecule has 1 aliphatic carbocycles. The molecule has 0 amide bonds. The largest absolute Gasteiger partial charge is 0.214 e. The zero-order chi connectivity index (χ0) is 9.64. The van der Waals surface area contributed by atoms with Crippen molar-refractivity contribution in [3.63, 3.8) is 0 Å². The topological polar surface area (TPSA) is 0 Å². The Morgan fingerprint density at radius 1 is 1.07 bits per heavy atom. The zero-order valence-electron chi connectivity index (χ0n) is 8.54. The van der Waals surface area contributed by atoms with E-state index in [9.17, 15) is 0 Å². The Kier molecular flexibility index (Phi) is 5.17. The van der Waals surface area contributed by atoms with Crippen LogP contribution in [0.15, 0.2) is 60.7 Å². The molecule has 0 aliphatic heterocycles. The summed E-state index contributed by atoms with van der Waals surface area (Å²) in [5, 5.41) is 0. The van der Waals surface area contributed by atoms with Crippen molar-refractivity contribution in [3.8, 4) is 0 Å². The van der Waals surface area contributed by atoms with Crippen molar-refractivity contribution in [1.29, 1.82) is 0 Å². The van der Waals surface area contributed by atoms with Gasteiger partial charge in [-0.1, -0.05) is 18.6 Å². The van der Waals surface area contributed by atoms with E-state index in [1.807, 2.05) is 30.3 Å². The molecule has 0 aromatic heterocycles. The van der Waals surface area contributed by atoms with Gasteiger partial charge in [0.25, 0.3) is 0 Å². The Morgan fingerprint density at radius 3 is 2.47 bits per heavy atom. The van der Waals surface area contributed by atoms with Crippen LogP contribution in [-0.4, -0.2) is 0 Å². The molecule has 80 valence electrons. The maximum absolute atomic E-state index is 2.24. The van der Waals surface area contributed by atoms with Gasteiger partial charge in [0.1, 0.15) is 0 Å². The van der Waals surface area contributed by atoms with Crippen LogP contribution >= 0.6 is 0 Å². The van der Waals surface area contributed by atoms with Crippen LogP contribution in [0.1, 0.15) is 11.1 Å². The van der Waals surface area contributed by atoms with Gasteiger partial charge in [0.05, 0.1) is 0 Å². The maximum atomic E-state index is 2.24. The Bertz CT molecular complexity index is 339. The fourth-order valence-electron chi connectivity index (χ4n) is 1.63. The van der Waals surface area contributed by atoms with Gasteiger partial charge in [0.15, 0.2) is 0 Å². The molecule has 1 aliphatic rings. The van der Waals surface area contributed by atoms with Crippen molar-refractivity contribution in [2.24, 2.45) is 0 Å². The van der Waals surface area contributed by atoms with Crippen LogP contribution in [0.3, 0.4) is 0 Å². The van der Waals surface area contributed by atoms with E-state index in [1.54, 1.807) is 0 Å². The molecule has 0 N–H and O–H groups in total. The summed E-state index contributed by atoms with van der Waals surface area (Å²) in [4.78, 5) is 0. The second kappa shape index (κ2) is 6.44. The first-order chi connectivity index (χ1) is 6.97. The average Bonchev–Trinajstić information content (AvgIpc) is 2.92. The molecule has 0 spiro atoms. The van der Waals surface area contributed by atoms with Crippen molar-refractivity contribution in [3.05, 3.63) is 71.8 Å². The first-order valence-corrected chi connectivity index (χ1v) is 5.02. The van der Waals surface area contributed by atoms with Gasteiger partial charge in [-0.25, -0.2) is 24.3 Å². The molecular weight excluding hydrogens is 224 g/mol. The summed E-state index contributed by atoms with van der Waals surface area (Å²) in [7, 11) is 0. The van der Waals surface area contributed by atoms with Crippen LogP contribution in [-0.2, 0) is 29.9 Å². The van der Waals surface area contributed by atoms with E-state index in [0.717, 1.165) is 12.8 Å². The van der Waals surface area contributed by atoms with Crippen LogP contribution in [0, 0.1) is 0 Å². The SMILES string of the molecule is C1=CC[c-]2cccc2C1.[Fe].c1cc[cH-]c1. The van der Waals surface area contributed by atoms with E-state index in [-0.39, 0.29) is 17.1 Å². The molecule has 0 radical (unpaired) electrons. The van der Waals surface area contributed by atoms with E-state index in [2.05, 4.69) is 30.4 Å². The first kappa shape index (κ1) is 12.0. The Hall–Kier alpha value is -1.04. The van der Waals surface area contributed by atoms with Gasteiger partial charge in [-0.05, 0) is 6.42 Å². The molecule has 3 rings (SSSR count). The van der Waals surface area contributed by atoms with Crippen LogP contribution < -0.4 is 0 Å². The molecule has 0 atom stereocenters. The quantitative estimate of drug-likeness (QED) is 0.374. The smallest absolute Gasteiger partial charge is 0 e. The Morgan fingerprint density at radius 2 is 1.87 bits per heavy atom. The summed E-state index contributed by atoms with van der Waals surface area (Å²) >= 11 is 0. The molecule has 15 heavy (non-hydrogen) atoms. The fourth-order valence-corrected chi connectivity index (χ4v) is 1.63.